The Labute approximate surface area is 138 Å². The minimum Gasteiger partial charge on any atom is -0.466 e. The summed E-state index contributed by atoms with van der Waals surface area (Å²) < 4.78 is 4.48. The van der Waals surface area contributed by atoms with E-state index in [4.69, 9.17) is 0 Å². The number of anilines is 1. The van der Waals surface area contributed by atoms with E-state index >= 15 is 0 Å². The van der Waals surface area contributed by atoms with Crippen LogP contribution in [0.25, 0.3) is 0 Å². The largest absolute Gasteiger partial charge is 0.466 e. The van der Waals surface area contributed by atoms with Crippen LogP contribution in [0.1, 0.15) is 5.56 Å². The maximum absolute atomic E-state index is 11.6. The van der Waals surface area contributed by atoms with Crippen LogP contribution < -0.4 is 10.2 Å². The zero-order chi connectivity index (χ0) is 16.8. The summed E-state index contributed by atoms with van der Waals surface area (Å²) in [5.74, 6) is -0.988. The van der Waals surface area contributed by atoms with Crippen molar-refractivity contribution in [1.29, 1.82) is 0 Å². The quantitative estimate of drug-likeness (QED) is 0.390. The van der Waals surface area contributed by atoms with E-state index in [2.05, 4.69) is 20.3 Å². The van der Waals surface area contributed by atoms with E-state index in [0.717, 1.165) is 29.1 Å². The van der Waals surface area contributed by atoms with Crippen LogP contribution in [0.2, 0.25) is 0 Å². The van der Waals surface area contributed by atoms with E-state index in [1.807, 2.05) is 43.3 Å². The number of nitrogens with zero attached hydrogens (tertiary/aromatic N) is 3. The summed E-state index contributed by atoms with van der Waals surface area (Å²) in [6.07, 6.45) is 2.70. The molecule has 0 unspecified atom stereocenters. The highest BCUT2D eigenvalue weighted by molar-refractivity contribution is 8.18. The number of rotatable bonds is 4. The van der Waals surface area contributed by atoms with E-state index in [9.17, 15) is 9.59 Å². The van der Waals surface area contributed by atoms with Gasteiger partial charge in [-0.15, -0.1) is 5.10 Å². The summed E-state index contributed by atoms with van der Waals surface area (Å²) in [4.78, 5) is 25.0. The first-order chi connectivity index (χ1) is 11.0. The number of hydrogen-bond acceptors (Lipinski definition) is 7. The average molecular weight is 332 g/mol. The predicted octanol–water partition coefficient (Wildman–Crippen LogP) is 1.36. The van der Waals surface area contributed by atoms with Gasteiger partial charge in [0, 0.05) is 25.9 Å². The Morgan fingerprint density at radius 1 is 1.30 bits per heavy atom. The fourth-order valence-corrected chi connectivity index (χ4v) is 2.39. The fraction of sp³-hybridized carbons (Fsp3) is 0.200. The number of carbonyl (C=O) groups is 2. The summed E-state index contributed by atoms with van der Waals surface area (Å²) in [6, 6.07) is 7.78. The predicted molar refractivity (Wildman–Crippen MR) is 91.6 cm³/mol. The molecule has 1 N–H and O–H groups in total. The molecule has 1 aliphatic rings. The van der Waals surface area contributed by atoms with Crippen molar-refractivity contribution in [2.45, 2.75) is 0 Å². The molecule has 1 aromatic rings. The zero-order valence-corrected chi connectivity index (χ0v) is 13.8. The van der Waals surface area contributed by atoms with Crippen molar-refractivity contribution < 1.29 is 14.3 Å². The Kier molecular flexibility index (Phi) is 5.53. The number of nitrogens with one attached hydrogen (secondary N) is 1. The van der Waals surface area contributed by atoms with Gasteiger partial charge in [-0.25, -0.2) is 4.79 Å². The third kappa shape index (κ3) is 4.68. The smallest absolute Gasteiger partial charge is 0.331 e. The highest BCUT2D eigenvalue weighted by atomic mass is 32.2. The number of ether oxygens (including phenoxy) is 1. The monoisotopic (exact) mass is 332 g/mol. The Morgan fingerprint density at radius 2 is 2.00 bits per heavy atom. The molecule has 7 nitrogen and oxygen atoms in total. The molecule has 8 heteroatoms. The van der Waals surface area contributed by atoms with Crippen LogP contribution >= 0.6 is 11.8 Å². The van der Waals surface area contributed by atoms with E-state index in [-0.39, 0.29) is 4.91 Å². The van der Waals surface area contributed by atoms with Gasteiger partial charge in [0.15, 0.2) is 5.17 Å². The Morgan fingerprint density at radius 3 is 2.61 bits per heavy atom. The second-order valence-corrected chi connectivity index (χ2v) is 5.75. The highest BCUT2D eigenvalue weighted by Crippen LogP contribution is 2.23. The summed E-state index contributed by atoms with van der Waals surface area (Å²) in [6.45, 7) is 0. The second-order valence-electron chi connectivity index (χ2n) is 4.72. The third-order valence-electron chi connectivity index (χ3n) is 2.87. The Hall–Kier alpha value is -2.61. The summed E-state index contributed by atoms with van der Waals surface area (Å²) in [5.41, 5.74) is 1.98. The van der Waals surface area contributed by atoms with E-state index in [0.29, 0.717) is 5.17 Å². The second kappa shape index (κ2) is 7.59. The SMILES string of the molecule is COC(=O)/C=C1/S/C(=N/N=C\c2ccc(N(C)C)cc2)NC1=O. The van der Waals surface area contributed by atoms with Gasteiger partial charge in [-0.05, 0) is 29.5 Å². The summed E-state index contributed by atoms with van der Waals surface area (Å²) in [5, 5.41) is 10.7. The lowest BCUT2D eigenvalue weighted by atomic mass is 10.2. The molecule has 0 spiro atoms. The third-order valence-corrected chi connectivity index (χ3v) is 3.77. The van der Waals surface area contributed by atoms with Crippen molar-refractivity contribution in [3.8, 4) is 0 Å². The number of thioether (sulfide) groups is 1. The molecule has 0 aliphatic carbocycles. The first kappa shape index (κ1) is 16.8. The van der Waals surface area contributed by atoms with Crippen LogP contribution in [-0.4, -0.2) is 44.5 Å². The molecule has 120 valence electrons. The van der Waals surface area contributed by atoms with Gasteiger partial charge in [-0.1, -0.05) is 12.1 Å². The summed E-state index contributed by atoms with van der Waals surface area (Å²) >= 11 is 1.03. The van der Waals surface area contributed by atoms with Crippen LogP contribution in [0.3, 0.4) is 0 Å². The molecule has 0 bridgehead atoms. The standard InChI is InChI=1S/C15H16N4O3S/c1-19(2)11-6-4-10(5-7-11)9-16-18-15-17-14(21)12(23-15)8-13(20)22-3/h4-9H,1-3H3,(H,17,18,21)/b12-8+,16-9-. The first-order valence-corrected chi connectivity index (χ1v) is 7.48. The molecule has 1 aromatic carbocycles. The van der Waals surface area contributed by atoms with Gasteiger partial charge in [-0.2, -0.15) is 5.10 Å². The van der Waals surface area contributed by atoms with Gasteiger partial charge < -0.3 is 9.64 Å². The van der Waals surface area contributed by atoms with Gasteiger partial charge in [-0.3, -0.25) is 10.1 Å². The van der Waals surface area contributed by atoms with Crippen LogP contribution in [0.4, 0.5) is 5.69 Å². The van der Waals surface area contributed by atoms with Crippen LogP contribution in [0, 0.1) is 0 Å². The molecule has 1 aliphatic heterocycles. The lowest BCUT2D eigenvalue weighted by Gasteiger charge is -2.11. The molecule has 2 rings (SSSR count). The van der Waals surface area contributed by atoms with Crippen molar-refractivity contribution >= 4 is 40.7 Å². The van der Waals surface area contributed by atoms with Crippen LogP contribution in [0.15, 0.2) is 45.4 Å². The number of hydrogen-bond donors (Lipinski definition) is 1. The van der Waals surface area contributed by atoms with Crippen molar-refractivity contribution in [2.75, 3.05) is 26.1 Å². The minimum absolute atomic E-state index is 0.223. The maximum atomic E-state index is 11.6. The average Bonchev–Trinajstić information content (AvgIpc) is 2.87. The molecular weight excluding hydrogens is 316 g/mol. The van der Waals surface area contributed by atoms with Crippen LogP contribution in [0.5, 0.6) is 0 Å². The van der Waals surface area contributed by atoms with Gasteiger partial charge in [0.05, 0.1) is 18.2 Å². The zero-order valence-electron chi connectivity index (χ0n) is 12.9. The molecule has 1 fully saturated rings. The maximum Gasteiger partial charge on any atom is 0.331 e. The molecule has 0 aromatic heterocycles. The van der Waals surface area contributed by atoms with E-state index < -0.39 is 11.9 Å². The van der Waals surface area contributed by atoms with Crippen LogP contribution in [-0.2, 0) is 14.3 Å². The fourth-order valence-electron chi connectivity index (χ4n) is 1.65. The lowest BCUT2D eigenvalue weighted by molar-refractivity contribution is -0.135. The molecule has 0 atom stereocenters. The molecular formula is C15H16N4O3S. The van der Waals surface area contributed by atoms with Gasteiger partial charge in [0.25, 0.3) is 5.91 Å². The van der Waals surface area contributed by atoms with E-state index in [1.165, 1.54) is 7.11 Å². The number of benzene rings is 1. The molecule has 1 amide bonds. The van der Waals surface area contributed by atoms with E-state index in [1.54, 1.807) is 6.21 Å². The Bertz CT molecular complexity index is 693. The topological polar surface area (TPSA) is 83.4 Å². The molecule has 0 radical (unpaired) electrons. The number of carbonyl (C=O) groups excluding carboxylic acids is 2. The molecule has 1 heterocycles. The minimum atomic E-state index is -0.589. The Balaban J connectivity index is 2.02. The number of amides is 1. The molecule has 23 heavy (non-hydrogen) atoms. The van der Waals surface area contributed by atoms with Gasteiger partial charge >= 0.3 is 5.97 Å². The summed E-state index contributed by atoms with van der Waals surface area (Å²) in [7, 11) is 5.18. The van der Waals surface area contributed by atoms with Crippen molar-refractivity contribution in [3.63, 3.8) is 0 Å². The van der Waals surface area contributed by atoms with Crippen molar-refractivity contribution in [1.82, 2.24) is 5.32 Å². The normalized spacial score (nSPS) is 17.8. The first-order valence-electron chi connectivity index (χ1n) is 6.67. The number of methoxy groups -OCH3 is 1. The van der Waals surface area contributed by atoms with Crippen molar-refractivity contribution in [2.24, 2.45) is 10.2 Å². The van der Waals surface area contributed by atoms with Crippen molar-refractivity contribution in [3.05, 3.63) is 40.8 Å². The lowest BCUT2D eigenvalue weighted by Crippen LogP contribution is -2.19. The highest BCUT2D eigenvalue weighted by Gasteiger charge is 2.24. The molecule has 0 saturated carbocycles. The van der Waals surface area contributed by atoms with Gasteiger partial charge in [0.2, 0.25) is 0 Å². The molecule has 1 saturated heterocycles. The van der Waals surface area contributed by atoms with Gasteiger partial charge in [0.1, 0.15) is 0 Å². The number of esters is 1. The number of amidine groups is 1.